The van der Waals surface area contributed by atoms with Gasteiger partial charge in [-0.1, -0.05) is 18.2 Å². The smallest absolute Gasteiger partial charge is 0.240 e. The number of nitrogens with two attached hydrogens (primary N) is 1. The molecule has 0 atom stereocenters. The lowest BCUT2D eigenvalue weighted by Crippen LogP contribution is -2.05. The van der Waals surface area contributed by atoms with E-state index >= 15 is 0 Å². The van der Waals surface area contributed by atoms with Crippen molar-refractivity contribution in [3.05, 3.63) is 35.9 Å². The summed E-state index contributed by atoms with van der Waals surface area (Å²) in [6.45, 7) is 1.92. The van der Waals surface area contributed by atoms with Crippen LogP contribution in [0.3, 0.4) is 0 Å². The monoisotopic (exact) mass is 174 g/mol. The van der Waals surface area contributed by atoms with E-state index in [2.05, 4.69) is 9.82 Å². The zero-order valence-corrected chi connectivity index (χ0v) is 7.32. The van der Waals surface area contributed by atoms with E-state index in [1.54, 1.807) is 0 Å². The summed E-state index contributed by atoms with van der Waals surface area (Å²) in [7, 11) is 0. The number of nitrogens with zero attached hydrogens (tertiary/aromatic N) is 1. The molecule has 0 bridgehead atoms. The molecule has 2 aromatic rings. The van der Waals surface area contributed by atoms with Crippen molar-refractivity contribution in [3.8, 4) is 5.88 Å². The molecule has 0 saturated heterocycles. The van der Waals surface area contributed by atoms with E-state index in [1.165, 1.54) is 0 Å². The maximum atomic E-state index is 5.08. The van der Waals surface area contributed by atoms with E-state index in [0.29, 0.717) is 5.88 Å². The van der Waals surface area contributed by atoms with Gasteiger partial charge in [0.1, 0.15) is 0 Å². The molecule has 3 nitrogen and oxygen atoms in total. The average molecular weight is 174 g/mol. The molecule has 0 aliphatic heterocycles. The molecular weight excluding hydrogens is 164 g/mol. The first-order valence-electron chi connectivity index (χ1n) is 4.04. The van der Waals surface area contributed by atoms with Crippen molar-refractivity contribution in [2.24, 2.45) is 5.90 Å². The summed E-state index contributed by atoms with van der Waals surface area (Å²) in [6.07, 6.45) is 0. The van der Waals surface area contributed by atoms with Crippen LogP contribution in [-0.4, -0.2) is 4.98 Å². The Kier molecular flexibility index (Phi) is 1.87. The van der Waals surface area contributed by atoms with Crippen molar-refractivity contribution < 1.29 is 4.84 Å². The SMILES string of the molecule is Cc1cc2ccccc2nc1ON. The summed E-state index contributed by atoms with van der Waals surface area (Å²) >= 11 is 0. The van der Waals surface area contributed by atoms with Gasteiger partial charge in [0.05, 0.1) is 5.52 Å². The topological polar surface area (TPSA) is 48.1 Å². The highest BCUT2D eigenvalue weighted by Gasteiger charge is 2.02. The molecule has 0 aliphatic rings. The van der Waals surface area contributed by atoms with Gasteiger partial charge in [0.2, 0.25) is 5.88 Å². The largest absolute Gasteiger partial charge is 0.391 e. The van der Waals surface area contributed by atoms with Gasteiger partial charge in [-0.05, 0) is 19.1 Å². The average Bonchev–Trinajstić information content (AvgIpc) is 2.17. The molecule has 1 aromatic carbocycles. The molecule has 0 aliphatic carbocycles. The minimum absolute atomic E-state index is 0.485. The molecule has 1 heterocycles. The normalized spacial score (nSPS) is 10.3. The fourth-order valence-electron chi connectivity index (χ4n) is 1.32. The van der Waals surface area contributed by atoms with Crippen LogP contribution in [0.15, 0.2) is 30.3 Å². The van der Waals surface area contributed by atoms with E-state index in [-0.39, 0.29) is 0 Å². The minimum Gasteiger partial charge on any atom is -0.391 e. The lowest BCUT2D eigenvalue weighted by atomic mass is 10.2. The fourth-order valence-corrected chi connectivity index (χ4v) is 1.32. The van der Waals surface area contributed by atoms with Gasteiger partial charge < -0.3 is 4.84 Å². The Morgan fingerprint density at radius 1 is 1.31 bits per heavy atom. The summed E-state index contributed by atoms with van der Waals surface area (Å²) in [5, 5.41) is 1.10. The van der Waals surface area contributed by atoms with Crippen LogP contribution in [0.4, 0.5) is 0 Å². The Morgan fingerprint density at radius 2 is 2.08 bits per heavy atom. The van der Waals surface area contributed by atoms with Crippen LogP contribution in [0.1, 0.15) is 5.56 Å². The van der Waals surface area contributed by atoms with Gasteiger partial charge in [-0.25, -0.2) is 4.98 Å². The van der Waals surface area contributed by atoms with E-state index in [4.69, 9.17) is 5.90 Å². The second-order valence-corrected chi connectivity index (χ2v) is 2.92. The number of benzene rings is 1. The van der Waals surface area contributed by atoms with Crippen molar-refractivity contribution in [1.29, 1.82) is 0 Å². The molecule has 1 aromatic heterocycles. The number of aromatic nitrogens is 1. The van der Waals surface area contributed by atoms with Gasteiger partial charge in [-0.2, -0.15) is 5.90 Å². The van der Waals surface area contributed by atoms with Gasteiger partial charge in [0.25, 0.3) is 0 Å². The second-order valence-electron chi connectivity index (χ2n) is 2.92. The van der Waals surface area contributed by atoms with Crippen molar-refractivity contribution in [2.45, 2.75) is 6.92 Å². The van der Waals surface area contributed by atoms with Gasteiger partial charge in [0.15, 0.2) is 0 Å². The van der Waals surface area contributed by atoms with E-state index in [9.17, 15) is 0 Å². The van der Waals surface area contributed by atoms with Gasteiger partial charge >= 0.3 is 0 Å². The number of pyridine rings is 1. The molecule has 0 amide bonds. The van der Waals surface area contributed by atoms with Gasteiger partial charge in [-0.3, -0.25) is 0 Å². The Morgan fingerprint density at radius 3 is 2.85 bits per heavy atom. The first-order chi connectivity index (χ1) is 6.31. The molecule has 0 unspecified atom stereocenters. The third-order valence-electron chi connectivity index (χ3n) is 1.98. The zero-order valence-electron chi connectivity index (χ0n) is 7.32. The Hall–Kier alpha value is -1.61. The maximum Gasteiger partial charge on any atom is 0.240 e. The molecule has 0 radical (unpaired) electrons. The zero-order chi connectivity index (χ0) is 9.26. The third kappa shape index (κ3) is 1.34. The third-order valence-corrected chi connectivity index (χ3v) is 1.98. The van der Waals surface area contributed by atoms with Crippen molar-refractivity contribution in [2.75, 3.05) is 0 Å². The molecule has 66 valence electrons. The highest BCUT2D eigenvalue weighted by atomic mass is 16.6. The number of para-hydroxylation sites is 1. The first-order valence-corrected chi connectivity index (χ1v) is 4.04. The van der Waals surface area contributed by atoms with E-state index in [0.717, 1.165) is 16.5 Å². The summed E-state index contributed by atoms with van der Waals surface area (Å²) in [4.78, 5) is 8.89. The van der Waals surface area contributed by atoms with Crippen LogP contribution < -0.4 is 10.7 Å². The molecule has 0 fully saturated rings. The maximum absolute atomic E-state index is 5.08. The standard InChI is InChI=1S/C10H10N2O/c1-7-6-8-4-2-3-5-9(8)12-10(7)13-11/h2-6H,11H2,1H3. The highest BCUT2D eigenvalue weighted by molar-refractivity contribution is 5.79. The van der Waals surface area contributed by atoms with Crippen LogP contribution in [0.5, 0.6) is 5.88 Å². The lowest BCUT2D eigenvalue weighted by molar-refractivity contribution is 0.319. The number of aryl methyl sites for hydroxylation is 1. The Labute approximate surface area is 76.1 Å². The van der Waals surface area contributed by atoms with Crippen LogP contribution in [-0.2, 0) is 0 Å². The van der Waals surface area contributed by atoms with E-state index in [1.807, 2.05) is 37.3 Å². The van der Waals surface area contributed by atoms with Crippen LogP contribution in [0, 0.1) is 6.92 Å². The summed E-state index contributed by atoms with van der Waals surface area (Å²) in [6, 6.07) is 9.86. The predicted octanol–water partition coefficient (Wildman–Crippen LogP) is 1.80. The highest BCUT2D eigenvalue weighted by Crippen LogP contribution is 2.19. The van der Waals surface area contributed by atoms with Crippen LogP contribution >= 0.6 is 0 Å². The number of rotatable bonds is 1. The molecule has 0 spiro atoms. The predicted molar refractivity (Wildman–Crippen MR) is 51.3 cm³/mol. The van der Waals surface area contributed by atoms with Crippen molar-refractivity contribution in [1.82, 2.24) is 4.98 Å². The molecular formula is C10H10N2O. The number of hydrogen-bond donors (Lipinski definition) is 1. The van der Waals surface area contributed by atoms with Crippen LogP contribution in [0.2, 0.25) is 0 Å². The number of fused-ring (bicyclic) bond motifs is 1. The number of hydrogen-bond acceptors (Lipinski definition) is 3. The molecule has 2 N–H and O–H groups in total. The minimum atomic E-state index is 0.485. The quantitative estimate of drug-likeness (QED) is 0.670. The molecule has 3 heteroatoms. The Balaban J connectivity index is 2.74. The first kappa shape index (κ1) is 8.01. The molecule has 13 heavy (non-hydrogen) atoms. The van der Waals surface area contributed by atoms with E-state index < -0.39 is 0 Å². The second kappa shape index (κ2) is 3.03. The van der Waals surface area contributed by atoms with Gasteiger partial charge in [-0.15, -0.1) is 0 Å². The molecule has 2 rings (SSSR count). The summed E-state index contributed by atoms with van der Waals surface area (Å²) in [5.74, 6) is 5.56. The van der Waals surface area contributed by atoms with Gasteiger partial charge in [0, 0.05) is 10.9 Å². The van der Waals surface area contributed by atoms with Crippen LogP contribution in [0.25, 0.3) is 10.9 Å². The Bertz CT molecular complexity index is 440. The molecule has 0 saturated carbocycles. The van der Waals surface area contributed by atoms with Crippen molar-refractivity contribution >= 4 is 10.9 Å². The van der Waals surface area contributed by atoms with Crippen molar-refractivity contribution in [3.63, 3.8) is 0 Å². The fraction of sp³-hybridized carbons (Fsp3) is 0.100. The lowest BCUT2D eigenvalue weighted by Gasteiger charge is -2.03. The summed E-state index contributed by atoms with van der Waals surface area (Å²) < 4.78 is 0. The summed E-state index contributed by atoms with van der Waals surface area (Å²) in [5.41, 5.74) is 1.84.